The predicted molar refractivity (Wildman–Crippen MR) is 106 cm³/mol. The van der Waals surface area contributed by atoms with Gasteiger partial charge in [0.2, 0.25) is 0 Å². The Morgan fingerprint density at radius 2 is 1.86 bits per heavy atom. The molecule has 0 saturated carbocycles. The van der Waals surface area contributed by atoms with Crippen molar-refractivity contribution in [1.29, 1.82) is 0 Å². The van der Waals surface area contributed by atoms with Gasteiger partial charge in [-0.05, 0) is 58.2 Å². The van der Waals surface area contributed by atoms with Gasteiger partial charge in [0.05, 0.1) is 18.4 Å². The van der Waals surface area contributed by atoms with Crippen molar-refractivity contribution in [2.75, 3.05) is 6.61 Å². The molecule has 28 heavy (non-hydrogen) atoms. The first-order chi connectivity index (χ1) is 13.3. The number of carbonyl (C=O) groups is 2. The van der Waals surface area contributed by atoms with E-state index in [1.165, 1.54) is 0 Å². The molecule has 1 heterocycles. The van der Waals surface area contributed by atoms with Crippen molar-refractivity contribution < 1.29 is 19.1 Å². The summed E-state index contributed by atoms with van der Waals surface area (Å²) in [6.07, 6.45) is 5.02. The molecule has 0 aliphatic carbocycles. The molecule has 0 aliphatic heterocycles. The Morgan fingerprint density at radius 3 is 2.50 bits per heavy atom. The van der Waals surface area contributed by atoms with Gasteiger partial charge in [0.25, 0.3) is 0 Å². The average Bonchev–Trinajstić information content (AvgIpc) is 3.07. The number of esters is 1. The van der Waals surface area contributed by atoms with Crippen LogP contribution in [-0.4, -0.2) is 34.1 Å². The van der Waals surface area contributed by atoms with E-state index in [1.54, 1.807) is 25.3 Å². The zero-order valence-electron chi connectivity index (χ0n) is 17.0. The Kier molecular flexibility index (Phi) is 7.61. The molecule has 2 rings (SSSR count). The zero-order chi connectivity index (χ0) is 20.6. The molecule has 2 aromatic rings. The molecule has 0 atom stereocenters. The molecule has 0 unspecified atom stereocenters. The van der Waals surface area contributed by atoms with Gasteiger partial charge < -0.3 is 14.8 Å². The van der Waals surface area contributed by atoms with Gasteiger partial charge in [-0.3, -0.25) is 4.68 Å². The minimum absolute atomic E-state index is 0.293. The molecule has 0 radical (unpaired) electrons. The SMILES string of the molecule is CCOC(=O)c1ccc(CCCn2cc(CNC(=O)OC(C)(C)C)cn2)cc1. The number of hydrogen-bond acceptors (Lipinski definition) is 5. The van der Waals surface area contributed by atoms with Crippen LogP contribution in [0.15, 0.2) is 36.7 Å². The maximum Gasteiger partial charge on any atom is 0.407 e. The van der Waals surface area contributed by atoms with Crippen molar-refractivity contribution in [3.05, 3.63) is 53.3 Å². The van der Waals surface area contributed by atoms with Gasteiger partial charge in [0.1, 0.15) is 5.60 Å². The van der Waals surface area contributed by atoms with Crippen LogP contribution in [0, 0.1) is 0 Å². The van der Waals surface area contributed by atoms with Gasteiger partial charge in [0, 0.05) is 24.8 Å². The van der Waals surface area contributed by atoms with Crippen LogP contribution in [0.2, 0.25) is 0 Å². The van der Waals surface area contributed by atoms with Crippen LogP contribution in [0.25, 0.3) is 0 Å². The van der Waals surface area contributed by atoms with E-state index in [-0.39, 0.29) is 5.97 Å². The van der Waals surface area contributed by atoms with Crippen LogP contribution in [-0.2, 0) is 29.0 Å². The highest BCUT2D eigenvalue weighted by Crippen LogP contribution is 2.10. The third-order valence-corrected chi connectivity index (χ3v) is 3.84. The summed E-state index contributed by atoms with van der Waals surface area (Å²) in [6, 6.07) is 7.49. The highest BCUT2D eigenvalue weighted by Gasteiger charge is 2.15. The van der Waals surface area contributed by atoms with Gasteiger partial charge in [0.15, 0.2) is 0 Å². The molecule has 1 N–H and O–H groups in total. The molecule has 1 aromatic carbocycles. The van der Waals surface area contributed by atoms with Gasteiger partial charge in [-0.1, -0.05) is 12.1 Å². The van der Waals surface area contributed by atoms with E-state index in [1.807, 2.05) is 43.8 Å². The Balaban J connectivity index is 1.74. The highest BCUT2D eigenvalue weighted by molar-refractivity contribution is 5.89. The van der Waals surface area contributed by atoms with Crippen molar-refractivity contribution in [3.8, 4) is 0 Å². The fourth-order valence-electron chi connectivity index (χ4n) is 2.58. The summed E-state index contributed by atoms with van der Waals surface area (Å²) < 4.78 is 12.1. The smallest absolute Gasteiger partial charge is 0.407 e. The number of rotatable bonds is 8. The van der Waals surface area contributed by atoms with Crippen molar-refractivity contribution in [2.24, 2.45) is 0 Å². The molecule has 7 heteroatoms. The van der Waals surface area contributed by atoms with Crippen LogP contribution < -0.4 is 5.32 Å². The van der Waals surface area contributed by atoms with Crippen molar-refractivity contribution >= 4 is 12.1 Å². The second-order valence-electron chi connectivity index (χ2n) is 7.49. The number of carbonyl (C=O) groups excluding carboxylic acids is 2. The third-order valence-electron chi connectivity index (χ3n) is 3.84. The molecule has 0 aliphatic rings. The Bertz CT molecular complexity index is 776. The lowest BCUT2D eigenvalue weighted by Crippen LogP contribution is -2.32. The van der Waals surface area contributed by atoms with Crippen molar-refractivity contribution in [3.63, 3.8) is 0 Å². The van der Waals surface area contributed by atoms with Gasteiger partial charge in [-0.2, -0.15) is 5.10 Å². The Labute approximate surface area is 166 Å². The van der Waals surface area contributed by atoms with E-state index >= 15 is 0 Å². The van der Waals surface area contributed by atoms with Crippen molar-refractivity contribution in [1.82, 2.24) is 15.1 Å². The number of ether oxygens (including phenoxy) is 2. The predicted octanol–water partition coefficient (Wildman–Crippen LogP) is 3.72. The average molecular weight is 387 g/mol. The summed E-state index contributed by atoms with van der Waals surface area (Å²) in [5.41, 5.74) is 2.14. The lowest BCUT2D eigenvalue weighted by molar-refractivity contribution is 0.0514. The number of aromatic nitrogens is 2. The first-order valence-corrected chi connectivity index (χ1v) is 9.51. The van der Waals surface area contributed by atoms with Crippen LogP contribution in [0.3, 0.4) is 0 Å². The van der Waals surface area contributed by atoms with E-state index in [4.69, 9.17) is 9.47 Å². The fourth-order valence-corrected chi connectivity index (χ4v) is 2.58. The zero-order valence-corrected chi connectivity index (χ0v) is 17.0. The molecule has 1 aromatic heterocycles. The highest BCUT2D eigenvalue weighted by atomic mass is 16.6. The molecule has 0 spiro atoms. The van der Waals surface area contributed by atoms with E-state index < -0.39 is 11.7 Å². The fraction of sp³-hybridized carbons (Fsp3) is 0.476. The lowest BCUT2D eigenvalue weighted by Gasteiger charge is -2.19. The van der Waals surface area contributed by atoms with E-state index in [2.05, 4.69) is 10.4 Å². The summed E-state index contributed by atoms with van der Waals surface area (Å²) in [5.74, 6) is -0.293. The molecule has 0 saturated heterocycles. The molecular formula is C21H29N3O4. The number of hydrogen-bond donors (Lipinski definition) is 1. The Morgan fingerprint density at radius 1 is 1.14 bits per heavy atom. The topological polar surface area (TPSA) is 82.5 Å². The second kappa shape index (κ2) is 9.92. The first kappa shape index (κ1) is 21.5. The van der Waals surface area contributed by atoms with Crippen LogP contribution in [0.5, 0.6) is 0 Å². The van der Waals surface area contributed by atoms with Gasteiger partial charge in [-0.25, -0.2) is 9.59 Å². The maximum absolute atomic E-state index is 11.7. The molecule has 1 amide bonds. The van der Waals surface area contributed by atoms with Gasteiger partial charge >= 0.3 is 12.1 Å². The van der Waals surface area contributed by atoms with E-state index in [9.17, 15) is 9.59 Å². The lowest BCUT2D eigenvalue weighted by atomic mass is 10.1. The van der Waals surface area contributed by atoms with Crippen molar-refractivity contribution in [2.45, 2.75) is 59.2 Å². The number of nitrogens with zero attached hydrogens (tertiary/aromatic N) is 2. The van der Waals surface area contributed by atoms with Crippen LogP contribution in [0.4, 0.5) is 4.79 Å². The number of nitrogens with one attached hydrogen (secondary N) is 1. The summed E-state index contributed by atoms with van der Waals surface area (Å²) in [6.45, 7) is 8.80. The molecule has 152 valence electrons. The summed E-state index contributed by atoms with van der Waals surface area (Å²) in [5, 5.41) is 7.04. The van der Waals surface area contributed by atoms with Crippen LogP contribution in [0.1, 0.15) is 55.6 Å². The number of benzene rings is 1. The monoisotopic (exact) mass is 387 g/mol. The molecule has 0 bridgehead atoms. The molecular weight excluding hydrogens is 358 g/mol. The molecule has 7 nitrogen and oxygen atoms in total. The van der Waals surface area contributed by atoms with Crippen LogP contribution >= 0.6 is 0 Å². The van der Waals surface area contributed by atoms with E-state index in [0.29, 0.717) is 18.7 Å². The minimum Gasteiger partial charge on any atom is -0.462 e. The second-order valence-corrected chi connectivity index (χ2v) is 7.49. The quantitative estimate of drug-likeness (QED) is 0.698. The standard InChI is InChI=1S/C21H29N3O4/c1-5-27-19(25)18-10-8-16(9-11-18)7-6-12-24-15-17(14-23-24)13-22-20(26)28-21(2,3)4/h8-11,14-15H,5-7,12-13H2,1-4H3,(H,22,26). The normalized spacial score (nSPS) is 11.1. The summed E-state index contributed by atoms with van der Waals surface area (Å²) in [7, 11) is 0. The number of aryl methyl sites for hydroxylation is 2. The minimum atomic E-state index is -0.511. The molecule has 0 fully saturated rings. The first-order valence-electron chi connectivity index (χ1n) is 9.51. The van der Waals surface area contributed by atoms with E-state index in [0.717, 1.165) is 30.5 Å². The van der Waals surface area contributed by atoms with Gasteiger partial charge in [-0.15, -0.1) is 0 Å². The maximum atomic E-state index is 11.7. The third kappa shape index (κ3) is 7.42. The largest absolute Gasteiger partial charge is 0.462 e. The summed E-state index contributed by atoms with van der Waals surface area (Å²) in [4.78, 5) is 23.3. The summed E-state index contributed by atoms with van der Waals surface area (Å²) >= 11 is 0. The number of alkyl carbamates (subject to hydrolysis) is 1. The number of amides is 1. The Hall–Kier alpha value is -2.83.